The van der Waals surface area contributed by atoms with Crippen LogP contribution < -0.4 is 4.90 Å². The molecule has 6 nitrogen and oxygen atoms in total. The number of nitrogens with zero attached hydrogens (tertiary/aromatic N) is 2. The number of hydrogen-bond acceptors (Lipinski definition) is 5. The summed E-state index contributed by atoms with van der Waals surface area (Å²) in [4.78, 5) is 12.5. The minimum Gasteiger partial charge on any atom is -0.335 e. The third-order valence-corrected chi connectivity index (χ3v) is 5.12. The SMILES string of the molecule is Cc1ccc2c(c1)N(c1cccc(S(C)(=O)=O)c1[N+](=O)[O-])CC2. The van der Waals surface area contributed by atoms with Gasteiger partial charge in [0.05, 0.1) is 4.92 Å². The lowest BCUT2D eigenvalue weighted by Gasteiger charge is -2.20. The van der Waals surface area contributed by atoms with Gasteiger partial charge in [0.25, 0.3) is 0 Å². The zero-order chi connectivity index (χ0) is 16.8. The summed E-state index contributed by atoms with van der Waals surface area (Å²) in [5.41, 5.74) is 3.03. The first-order chi connectivity index (χ1) is 10.8. The van der Waals surface area contributed by atoms with E-state index in [0.717, 1.165) is 29.5 Å². The van der Waals surface area contributed by atoms with Gasteiger partial charge in [-0.15, -0.1) is 0 Å². The van der Waals surface area contributed by atoms with Crippen LogP contribution in [0.4, 0.5) is 17.1 Å². The standard InChI is InChI=1S/C16H16N2O4S/c1-11-6-7-12-8-9-17(14(12)10-11)13-4-3-5-15(23(2,21)22)16(13)18(19)20/h3-7,10H,8-9H2,1-2H3. The Bertz CT molecular complexity index is 906. The molecule has 2 aromatic rings. The summed E-state index contributed by atoms with van der Waals surface area (Å²) in [6.45, 7) is 2.55. The van der Waals surface area contributed by atoms with E-state index in [0.29, 0.717) is 12.2 Å². The largest absolute Gasteiger partial charge is 0.335 e. The van der Waals surface area contributed by atoms with Gasteiger partial charge in [-0.3, -0.25) is 10.1 Å². The van der Waals surface area contributed by atoms with E-state index in [4.69, 9.17) is 0 Å². The second kappa shape index (κ2) is 5.34. The van der Waals surface area contributed by atoms with Crippen molar-refractivity contribution in [1.29, 1.82) is 0 Å². The number of sulfone groups is 1. The third kappa shape index (κ3) is 2.68. The molecule has 0 saturated heterocycles. The molecule has 0 aliphatic carbocycles. The number of benzene rings is 2. The van der Waals surface area contributed by atoms with Gasteiger partial charge in [-0.25, -0.2) is 8.42 Å². The van der Waals surface area contributed by atoms with E-state index in [-0.39, 0.29) is 10.6 Å². The number of nitro benzene ring substituents is 1. The number of fused-ring (bicyclic) bond motifs is 1. The highest BCUT2D eigenvalue weighted by molar-refractivity contribution is 7.90. The average molecular weight is 332 g/mol. The van der Waals surface area contributed by atoms with Gasteiger partial charge in [0.15, 0.2) is 9.84 Å². The van der Waals surface area contributed by atoms with Gasteiger partial charge in [0.1, 0.15) is 10.6 Å². The van der Waals surface area contributed by atoms with Crippen LogP contribution in [0.1, 0.15) is 11.1 Å². The molecule has 0 fully saturated rings. The first-order valence-electron chi connectivity index (χ1n) is 7.13. The first kappa shape index (κ1) is 15.5. The minimum absolute atomic E-state index is 0.249. The highest BCUT2D eigenvalue weighted by Crippen LogP contribution is 2.42. The Morgan fingerprint density at radius 1 is 1.17 bits per heavy atom. The van der Waals surface area contributed by atoms with Crippen molar-refractivity contribution in [2.45, 2.75) is 18.2 Å². The molecule has 0 bridgehead atoms. The van der Waals surface area contributed by atoms with Gasteiger partial charge in [-0.1, -0.05) is 18.2 Å². The van der Waals surface area contributed by atoms with Crippen LogP contribution in [0, 0.1) is 17.0 Å². The summed E-state index contributed by atoms with van der Waals surface area (Å²) in [6.07, 6.45) is 1.76. The Morgan fingerprint density at radius 3 is 2.57 bits per heavy atom. The van der Waals surface area contributed by atoms with Gasteiger partial charge in [0, 0.05) is 18.5 Å². The Morgan fingerprint density at radius 2 is 1.91 bits per heavy atom. The summed E-state index contributed by atoms with van der Waals surface area (Å²) in [7, 11) is -3.68. The lowest BCUT2D eigenvalue weighted by molar-refractivity contribution is -0.387. The number of nitro groups is 1. The van der Waals surface area contributed by atoms with Crippen LogP contribution in [0.3, 0.4) is 0 Å². The third-order valence-electron chi connectivity index (χ3n) is 3.99. The molecule has 0 saturated carbocycles. The van der Waals surface area contributed by atoms with E-state index >= 15 is 0 Å². The number of hydrogen-bond donors (Lipinski definition) is 0. The molecule has 1 aliphatic rings. The molecule has 0 atom stereocenters. The zero-order valence-corrected chi connectivity index (χ0v) is 13.6. The smallest absolute Gasteiger partial charge is 0.311 e. The molecule has 0 N–H and O–H groups in total. The molecule has 1 heterocycles. The highest BCUT2D eigenvalue weighted by Gasteiger charge is 2.31. The molecule has 3 rings (SSSR count). The second-order valence-electron chi connectivity index (χ2n) is 5.69. The van der Waals surface area contributed by atoms with Crippen LogP contribution in [0.25, 0.3) is 0 Å². The van der Waals surface area contributed by atoms with Crippen molar-refractivity contribution in [3.05, 3.63) is 57.6 Å². The second-order valence-corrected chi connectivity index (χ2v) is 7.67. The van der Waals surface area contributed by atoms with Crippen molar-refractivity contribution < 1.29 is 13.3 Å². The lowest BCUT2D eigenvalue weighted by atomic mass is 10.1. The van der Waals surface area contributed by atoms with Crippen LogP contribution in [-0.4, -0.2) is 26.1 Å². The number of rotatable bonds is 3. The normalized spacial score (nSPS) is 13.9. The minimum atomic E-state index is -3.68. The molecular formula is C16H16N2O4S. The Hall–Kier alpha value is -2.41. The maximum absolute atomic E-state index is 11.9. The fraction of sp³-hybridized carbons (Fsp3) is 0.250. The lowest BCUT2D eigenvalue weighted by Crippen LogP contribution is -2.16. The van der Waals surface area contributed by atoms with Crippen molar-refractivity contribution in [1.82, 2.24) is 0 Å². The predicted octanol–water partition coefficient (Wildman–Crippen LogP) is 3.00. The molecular weight excluding hydrogens is 316 g/mol. The topological polar surface area (TPSA) is 80.5 Å². The van der Waals surface area contributed by atoms with Gasteiger partial charge < -0.3 is 4.90 Å². The van der Waals surface area contributed by atoms with E-state index in [1.807, 2.05) is 30.0 Å². The van der Waals surface area contributed by atoms with Gasteiger partial charge >= 0.3 is 5.69 Å². The Labute approximate surface area is 134 Å². The van der Waals surface area contributed by atoms with Crippen molar-refractivity contribution in [3.63, 3.8) is 0 Å². The van der Waals surface area contributed by atoms with Crippen molar-refractivity contribution >= 4 is 26.9 Å². The van der Waals surface area contributed by atoms with Crippen LogP contribution >= 0.6 is 0 Å². The van der Waals surface area contributed by atoms with Gasteiger partial charge in [-0.2, -0.15) is 0 Å². The fourth-order valence-corrected chi connectivity index (χ4v) is 3.81. The number of aryl methyl sites for hydroxylation is 1. The van der Waals surface area contributed by atoms with Crippen LogP contribution in [0.15, 0.2) is 41.3 Å². The van der Waals surface area contributed by atoms with Crippen molar-refractivity contribution in [2.75, 3.05) is 17.7 Å². The fourth-order valence-electron chi connectivity index (χ4n) is 2.95. The maximum atomic E-state index is 11.9. The Kier molecular flexibility index (Phi) is 3.60. The first-order valence-corrected chi connectivity index (χ1v) is 9.02. The van der Waals surface area contributed by atoms with Crippen LogP contribution in [-0.2, 0) is 16.3 Å². The van der Waals surface area contributed by atoms with Crippen molar-refractivity contribution in [2.24, 2.45) is 0 Å². The van der Waals surface area contributed by atoms with E-state index < -0.39 is 14.8 Å². The average Bonchev–Trinajstić information content (AvgIpc) is 2.88. The number of para-hydroxylation sites is 1. The maximum Gasteiger partial charge on any atom is 0.311 e. The molecule has 0 spiro atoms. The van der Waals surface area contributed by atoms with Crippen LogP contribution in [0.2, 0.25) is 0 Å². The summed E-state index contributed by atoms with van der Waals surface area (Å²) in [5.74, 6) is 0. The van der Waals surface area contributed by atoms with E-state index in [1.54, 1.807) is 12.1 Å². The molecule has 0 radical (unpaired) electrons. The Balaban J connectivity index is 2.24. The molecule has 1 aliphatic heterocycles. The highest BCUT2D eigenvalue weighted by atomic mass is 32.2. The zero-order valence-electron chi connectivity index (χ0n) is 12.8. The van der Waals surface area contributed by atoms with E-state index in [9.17, 15) is 18.5 Å². The summed E-state index contributed by atoms with van der Waals surface area (Å²) < 4.78 is 23.8. The van der Waals surface area contributed by atoms with Crippen molar-refractivity contribution in [3.8, 4) is 0 Å². The van der Waals surface area contributed by atoms with E-state index in [1.165, 1.54) is 6.07 Å². The molecule has 0 amide bonds. The van der Waals surface area contributed by atoms with Gasteiger partial charge in [-0.05, 0) is 42.7 Å². The quantitative estimate of drug-likeness (QED) is 0.637. The molecule has 7 heteroatoms. The van der Waals surface area contributed by atoms with Crippen LogP contribution in [0.5, 0.6) is 0 Å². The molecule has 0 unspecified atom stereocenters. The summed E-state index contributed by atoms with van der Waals surface area (Å²) >= 11 is 0. The number of anilines is 2. The van der Waals surface area contributed by atoms with E-state index in [2.05, 4.69) is 0 Å². The molecule has 0 aromatic heterocycles. The monoisotopic (exact) mass is 332 g/mol. The summed E-state index contributed by atoms with van der Waals surface area (Å²) in [6, 6.07) is 10.4. The molecule has 2 aromatic carbocycles. The van der Waals surface area contributed by atoms with Gasteiger partial charge in [0.2, 0.25) is 0 Å². The predicted molar refractivity (Wildman–Crippen MR) is 88.1 cm³/mol. The molecule has 23 heavy (non-hydrogen) atoms. The summed E-state index contributed by atoms with van der Waals surface area (Å²) in [5, 5.41) is 11.5. The molecule has 120 valence electrons.